The van der Waals surface area contributed by atoms with Crippen molar-refractivity contribution >= 4 is 51.9 Å². The van der Waals surface area contributed by atoms with E-state index in [1.807, 2.05) is 30.3 Å². The molecule has 1 aliphatic rings. The van der Waals surface area contributed by atoms with Gasteiger partial charge in [0.15, 0.2) is 5.17 Å². The van der Waals surface area contributed by atoms with Crippen molar-refractivity contribution in [3.8, 4) is 5.75 Å². The summed E-state index contributed by atoms with van der Waals surface area (Å²) < 4.78 is 5.79. The molecule has 3 aromatic rings. The highest BCUT2D eigenvalue weighted by molar-refractivity contribution is 8.18. The number of carbonyl (C=O) groups excluding carboxylic acids is 1. The first-order chi connectivity index (χ1) is 15.5. The minimum absolute atomic E-state index is 0.0344. The summed E-state index contributed by atoms with van der Waals surface area (Å²) >= 11 is 7.36. The molecule has 0 aromatic heterocycles. The van der Waals surface area contributed by atoms with Gasteiger partial charge in [-0.25, -0.2) is 4.99 Å². The molecule has 7 nitrogen and oxygen atoms in total. The maximum Gasteiger partial charge on any atom is 0.269 e. The number of thioether (sulfide) groups is 1. The fraction of sp³-hybridized carbons (Fsp3) is 0.0435. The number of halogens is 1. The Labute approximate surface area is 192 Å². The van der Waals surface area contributed by atoms with Gasteiger partial charge in [-0.2, -0.15) is 0 Å². The van der Waals surface area contributed by atoms with Crippen molar-refractivity contribution in [2.24, 2.45) is 4.99 Å². The number of rotatable bonds is 6. The zero-order valence-corrected chi connectivity index (χ0v) is 18.1. The number of ether oxygens (including phenoxy) is 1. The van der Waals surface area contributed by atoms with Gasteiger partial charge >= 0.3 is 0 Å². The molecular formula is C23H16ClN3O4S. The Morgan fingerprint density at radius 3 is 2.62 bits per heavy atom. The Balaban J connectivity index is 1.44. The highest BCUT2D eigenvalue weighted by atomic mass is 35.5. The Morgan fingerprint density at radius 1 is 1.09 bits per heavy atom. The van der Waals surface area contributed by atoms with E-state index in [4.69, 9.17) is 16.3 Å². The molecule has 0 unspecified atom stereocenters. The molecule has 0 bridgehead atoms. The van der Waals surface area contributed by atoms with Crippen LogP contribution in [0.3, 0.4) is 0 Å². The number of nitrogens with one attached hydrogen (secondary N) is 1. The quantitative estimate of drug-likeness (QED) is 0.285. The minimum Gasteiger partial charge on any atom is -0.489 e. The lowest BCUT2D eigenvalue weighted by Gasteiger charge is -2.07. The molecule has 160 valence electrons. The number of carbonyl (C=O) groups is 1. The SMILES string of the molecule is O=C1NC(=Nc2ccccc2Cl)SC1=Cc1cccc(OCc2ccc([N+](=O)[O-])cc2)c1. The standard InChI is InChI=1S/C23H16ClN3O4S/c24-19-6-1-2-7-20(19)25-23-26-22(28)21(32-23)13-16-4-3-5-18(12-16)31-14-15-8-10-17(11-9-15)27(29)30/h1-13H,14H2,(H,25,26,28). The molecule has 0 saturated carbocycles. The molecule has 1 saturated heterocycles. The summed E-state index contributed by atoms with van der Waals surface area (Å²) in [4.78, 5) is 27.6. The zero-order valence-electron chi connectivity index (χ0n) is 16.5. The van der Waals surface area contributed by atoms with E-state index in [1.54, 1.807) is 36.4 Å². The van der Waals surface area contributed by atoms with Crippen LogP contribution in [-0.4, -0.2) is 16.0 Å². The molecule has 0 aliphatic carbocycles. The predicted octanol–water partition coefficient (Wildman–Crippen LogP) is 5.72. The summed E-state index contributed by atoms with van der Waals surface area (Å²) in [7, 11) is 0. The van der Waals surface area contributed by atoms with Gasteiger partial charge in [0.25, 0.3) is 11.6 Å². The molecule has 1 fully saturated rings. The summed E-state index contributed by atoms with van der Waals surface area (Å²) in [5, 5.41) is 14.5. The van der Waals surface area contributed by atoms with Crippen LogP contribution in [0.4, 0.5) is 11.4 Å². The number of nitrogens with zero attached hydrogens (tertiary/aromatic N) is 2. The van der Waals surface area contributed by atoms with Crippen molar-refractivity contribution in [3.05, 3.63) is 104 Å². The van der Waals surface area contributed by atoms with E-state index in [0.29, 0.717) is 26.5 Å². The number of amidine groups is 1. The Morgan fingerprint density at radius 2 is 1.88 bits per heavy atom. The normalized spacial score (nSPS) is 15.7. The van der Waals surface area contributed by atoms with Crippen LogP contribution in [0.1, 0.15) is 11.1 Å². The summed E-state index contributed by atoms with van der Waals surface area (Å²) in [6.07, 6.45) is 1.76. The second-order valence-corrected chi connectivity index (χ2v) is 8.16. The molecule has 0 atom stereocenters. The summed E-state index contributed by atoms with van der Waals surface area (Å²) in [5.41, 5.74) is 2.22. The van der Waals surface area contributed by atoms with Crippen LogP contribution in [0.5, 0.6) is 5.75 Å². The van der Waals surface area contributed by atoms with E-state index in [-0.39, 0.29) is 18.2 Å². The Hall–Kier alpha value is -3.62. The summed E-state index contributed by atoms with van der Waals surface area (Å²) in [5.74, 6) is 0.379. The molecule has 4 rings (SSSR count). The van der Waals surface area contributed by atoms with Gasteiger partial charge in [0.2, 0.25) is 0 Å². The van der Waals surface area contributed by atoms with E-state index in [0.717, 1.165) is 11.1 Å². The third-order valence-corrected chi connectivity index (χ3v) is 5.66. The van der Waals surface area contributed by atoms with Crippen LogP contribution < -0.4 is 10.1 Å². The molecule has 1 heterocycles. The largest absolute Gasteiger partial charge is 0.489 e. The summed E-state index contributed by atoms with van der Waals surface area (Å²) in [6.45, 7) is 0.266. The van der Waals surface area contributed by atoms with Crippen LogP contribution >= 0.6 is 23.4 Å². The number of para-hydroxylation sites is 1. The fourth-order valence-corrected chi connectivity index (χ4v) is 3.87. The number of nitro groups is 1. The van der Waals surface area contributed by atoms with Gasteiger partial charge in [0, 0.05) is 12.1 Å². The van der Waals surface area contributed by atoms with Crippen molar-refractivity contribution in [2.75, 3.05) is 0 Å². The number of non-ortho nitro benzene ring substituents is 1. The number of amides is 1. The zero-order chi connectivity index (χ0) is 22.5. The number of hydrogen-bond donors (Lipinski definition) is 1. The Kier molecular flexibility index (Phi) is 6.53. The number of benzene rings is 3. The average molecular weight is 466 g/mol. The van der Waals surface area contributed by atoms with Gasteiger partial charge in [0.1, 0.15) is 12.4 Å². The average Bonchev–Trinajstić information content (AvgIpc) is 3.13. The third-order valence-electron chi connectivity index (χ3n) is 4.43. The molecule has 9 heteroatoms. The minimum atomic E-state index is -0.441. The number of aliphatic imine (C=N–C) groups is 1. The van der Waals surface area contributed by atoms with E-state index in [1.165, 1.54) is 23.9 Å². The van der Waals surface area contributed by atoms with Gasteiger partial charge in [-0.1, -0.05) is 35.9 Å². The van der Waals surface area contributed by atoms with Crippen LogP contribution in [-0.2, 0) is 11.4 Å². The maximum absolute atomic E-state index is 12.3. The highest BCUT2D eigenvalue weighted by Gasteiger charge is 2.24. The van der Waals surface area contributed by atoms with Crippen molar-refractivity contribution in [2.45, 2.75) is 6.61 Å². The van der Waals surface area contributed by atoms with Crippen molar-refractivity contribution in [3.63, 3.8) is 0 Å². The lowest BCUT2D eigenvalue weighted by atomic mass is 10.2. The molecule has 1 N–H and O–H groups in total. The monoisotopic (exact) mass is 465 g/mol. The van der Waals surface area contributed by atoms with E-state index in [2.05, 4.69) is 10.3 Å². The van der Waals surface area contributed by atoms with Gasteiger partial charge in [-0.05, 0) is 65.4 Å². The second kappa shape index (κ2) is 9.67. The van der Waals surface area contributed by atoms with Gasteiger partial charge < -0.3 is 10.1 Å². The van der Waals surface area contributed by atoms with E-state index < -0.39 is 4.92 Å². The smallest absolute Gasteiger partial charge is 0.269 e. The molecule has 1 aliphatic heterocycles. The van der Waals surface area contributed by atoms with E-state index >= 15 is 0 Å². The Bertz CT molecular complexity index is 1240. The molecular weight excluding hydrogens is 450 g/mol. The van der Waals surface area contributed by atoms with Gasteiger partial charge in [-0.3, -0.25) is 14.9 Å². The topological polar surface area (TPSA) is 93.8 Å². The van der Waals surface area contributed by atoms with Crippen LogP contribution in [0.25, 0.3) is 6.08 Å². The lowest BCUT2D eigenvalue weighted by molar-refractivity contribution is -0.384. The van der Waals surface area contributed by atoms with Crippen LogP contribution in [0, 0.1) is 10.1 Å². The first kappa shape index (κ1) is 21.6. The molecule has 0 radical (unpaired) electrons. The molecule has 1 amide bonds. The summed E-state index contributed by atoms with van der Waals surface area (Å²) in [6, 6.07) is 20.7. The number of nitro benzene ring substituents is 1. The fourth-order valence-electron chi connectivity index (χ4n) is 2.86. The molecule has 32 heavy (non-hydrogen) atoms. The molecule has 3 aromatic carbocycles. The van der Waals surface area contributed by atoms with Crippen molar-refractivity contribution < 1.29 is 14.5 Å². The lowest BCUT2D eigenvalue weighted by Crippen LogP contribution is -2.19. The third kappa shape index (κ3) is 5.35. The number of hydrogen-bond acceptors (Lipinski definition) is 6. The predicted molar refractivity (Wildman–Crippen MR) is 126 cm³/mol. The van der Waals surface area contributed by atoms with Crippen molar-refractivity contribution in [1.29, 1.82) is 0 Å². The van der Waals surface area contributed by atoms with Gasteiger partial charge in [0.05, 0.1) is 20.5 Å². The van der Waals surface area contributed by atoms with Crippen molar-refractivity contribution in [1.82, 2.24) is 5.32 Å². The first-order valence-corrected chi connectivity index (χ1v) is 10.7. The maximum atomic E-state index is 12.3. The van der Waals surface area contributed by atoms with Gasteiger partial charge in [-0.15, -0.1) is 0 Å². The second-order valence-electron chi connectivity index (χ2n) is 6.72. The van der Waals surface area contributed by atoms with Crippen LogP contribution in [0.15, 0.2) is 82.7 Å². The molecule has 0 spiro atoms. The highest BCUT2D eigenvalue weighted by Crippen LogP contribution is 2.31. The van der Waals surface area contributed by atoms with E-state index in [9.17, 15) is 14.9 Å². The van der Waals surface area contributed by atoms with Crippen LogP contribution in [0.2, 0.25) is 5.02 Å². The first-order valence-electron chi connectivity index (χ1n) is 9.48.